The summed E-state index contributed by atoms with van der Waals surface area (Å²) >= 11 is 0. The van der Waals surface area contributed by atoms with Gasteiger partial charge in [0.15, 0.2) is 0 Å². The lowest BCUT2D eigenvalue weighted by Crippen LogP contribution is -2.35. The Morgan fingerprint density at radius 1 is 1.58 bits per heavy atom. The largest absolute Gasteiger partial charge is 0.478 e. The summed E-state index contributed by atoms with van der Waals surface area (Å²) in [5, 5.41) is 17.7. The predicted molar refractivity (Wildman–Crippen MR) is 43.9 cm³/mol. The highest BCUT2D eigenvalue weighted by Gasteiger charge is 2.23. The summed E-state index contributed by atoms with van der Waals surface area (Å²) in [5.74, 6) is -1.05. The fourth-order valence-corrected chi connectivity index (χ4v) is 0.772. The summed E-state index contributed by atoms with van der Waals surface area (Å²) in [6, 6.07) is 0. The van der Waals surface area contributed by atoms with E-state index in [0.717, 1.165) is 6.08 Å². The maximum Gasteiger partial charge on any atom is 0.328 e. The molecular weight excluding hydrogens is 160 g/mol. The third-order valence-corrected chi connectivity index (χ3v) is 1.36. The van der Waals surface area contributed by atoms with E-state index in [1.807, 2.05) is 0 Å². The molecule has 1 atom stereocenters. The lowest BCUT2D eigenvalue weighted by molar-refractivity contribution is -0.131. The second-order valence-electron chi connectivity index (χ2n) is 3.01. The number of methoxy groups -OCH3 is 1. The third kappa shape index (κ3) is 4.10. The molecule has 0 unspecified atom stereocenters. The van der Waals surface area contributed by atoms with Crippen molar-refractivity contribution in [2.24, 2.45) is 0 Å². The first kappa shape index (κ1) is 11.1. The SMILES string of the molecule is CO[C@H](/C=C/C(=O)O)C(C)(C)O. The Bertz CT molecular complexity index is 178. The van der Waals surface area contributed by atoms with E-state index in [4.69, 9.17) is 9.84 Å². The van der Waals surface area contributed by atoms with Crippen LogP contribution in [0.1, 0.15) is 13.8 Å². The molecule has 0 heterocycles. The van der Waals surface area contributed by atoms with Crippen molar-refractivity contribution in [2.45, 2.75) is 25.6 Å². The summed E-state index contributed by atoms with van der Waals surface area (Å²) in [6.45, 7) is 3.10. The Kier molecular flexibility index (Phi) is 3.92. The number of aliphatic hydroxyl groups is 1. The molecule has 12 heavy (non-hydrogen) atoms. The van der Waals surface area contributed by atoms with Gasteiger partial charge in [0.2, 0.25) is 0 Å². The van der Waals surface area contributed by atoms with E-state index in [1.165, 1.54) is 13.2 Å². The van der Waals surface area contributed by atoms with Gasteiger partial charge in [0.1, 0.15) is 6.10 Å². The van der Waals surface area contributed by atoms with Crippen LogP contribution in [-0.2, 0) is 9.53 Å². The first-order chi connectivity index (χ1) is 5.38. The van der Waals surface area contributed by atoms with E-state index in [-0.39, 0.29) is 0 Å². The number of carboxylic acid groups (broad SMARTS) is 1. The van der Waals surface area contributed by atoms with Crippen molar-refractivity contribution >= 4 is 5.97 Å². The molecular formula is C8H14O4. The summed E-state index contributed by atoms with van der Waals surface area (Å²) < 4.78 is 4.86. The maximum absolute atomic E-state index is 10.1. The molecule has 4 heteroatoms. The van der Waals surface area contributed by atoms with E-state index in [0.29, 0.717) is 0 Å². The van der Waals surface area contributed by atoms with Gasteiger partial charge in [-0.2, -0.15) is 0 Å². The Morgan fingerprint density at radius 3 is 2.33 bits per heavy atom. The van der Waals surface area contributed by atoms with Crippen LogP contribution in [0.3, 0.4) is 0 Å². The van der Waals surface area contributed by atoms with Crippen LogP contribution in [0.2, 0.25) is 0 Å². The average Bonchev–Trinajstić information content (AvgIpc) is 1.85. The number of carbonyl (C=O) groups is 1. The number of rotatable bonds is 4. The monoisotopic (exact) mass is 174 g/mol. The van der Waals surface area contributed by atoms with Crippen molar-refractivity contribution in [3.05, 3.63) is 12.2 Å². The quantitative estimate of drug-likeness (QED) is 0.606. The summed E-state index contributed by atoms with van der Waals surface area (Å²) in [4.78, 5) is 10.1. The molecule has 70 valence electrons. The number of ether oxygens (including phenoxy) is 1. The molecule has 0 aromatic heterocycles. The fourth-order valence-electron chi connectivity index (χ4n) is 0.772. The molecule has 0 bridgehead atoms. The molecule has 0 saturated heterocycles. The first-order valence-electron chi connectivity index (χ1n) is 3.54. The summed E-state index contributed by atoms with van der Waals surface area (Å²) in [6.07, 6.45) is 1.66. The number of hydrogen-bond donors (Lipinski definition) is 2. The Balaban J connectivity index is 4.28. The van der Waals surface area contributed by atoms with Gasteiger partial charge in [0.25, 0.3) is 0 Å². The van der Waals surface area contributed by atoms with Gasteiger partial charge in [-0.1, -0.05) is 0 Å². The molecule has 2 N–H and O–H groups in total. The van der Waals surface area contributed by atoms with E-state index < -0.39 is 17.7 Å². The average molecular weight is 174 g/mol. The molecule has 4 nitrogen and oxygen atoms in total. The van der Waals surface area contributed by atoms with Crippen LogP contribution >= 0.6 is 0 Å². The van der Waals surface area contributed by atoms with Gasteiger partial charge in [0, 0.05) is 13.2 Å². The molecule has 0 aromatic rings. The highest BCUT2D eigenvalue weighted by atomic mass is 16.5. The van der Waals surface area contributed by atoms with Crippen molar-refractivity contribution in [1.82, 2.24) is 0 Å². The van der Waals surface area contributed by atoms with Crippen molar-refractivity contribution in [3.63, 3.8) is 0 Å². The van der Waals surface area contributed by atoms with Crippen molar-refractivity contribution in [1.29, 1.82) is 0 Å². The Morgan fingerprint density at radius 2 is 2.08 bits per heavy atom. The lowest BCUT2D eigenvalue weighted by atomic mass is 10.0. The van der Waals surface area contributed by atoms with Gasteiger partial charge in [-0.05, 0) is 19.9 Å². The zero-order chi connectivity index (χ0) is 9.78. The molecule has 0 fully saturated rings. The Hall–Kier alpha value is -0.870. The van der Waals surface area contributed by atoms with Crippen molar-refractivity contribution in [2.75, 3.05) is 7.11 Å². The number of aliphatic carboxylic acids is 1. The zero-order valence-corrected chi connectivity index (χ0v) is 7.44. The smallest absolute Gasteiger partial charge is 0.328 e. The van der Waals surface area contributed by atoms with Gasteiger partial charge in [-0.25, -0.2) is 4.79 Å². The first-order valence-corrected chi connectivity index (χ1v) is 3.54. The minimum absolute atomic E-state index is 0.603. The van der Waals surface area contributed by atoms with Gasteiger partial charge >= 0.3 is 5.97 Å². The zero-order valence-electron chi connectivity index (χ0n) is 7.44. The van der Waals surface area contributed by atoms with Crippen LogP contribution in [0, 0.1) is 0 Å². The normalized spacial score (nSPS) is 15.0. The number of hydrogen-bond acceptors (Lipinski definition) is 3. The highest BCUT2D eigenvalue weighted by molar-refractivity contribution is 5.79. The van der Waals surface area contributed by atoms with E-state index in [1.54, 1.807) is 13.8 Å². The van der Waals surface area contributed by atoms with Crippen LogP contribution in [0.25, 0.3) is 0 Å². The maximum atomic E-state index is 10.1. The molecule has 0 saturated carbocycles. The molecule has 0 aliphatic carbocycles. The van der Waals surface area contributed by atoms with Crippen LogP contribution in [0.15, 0.2) is 12.2 Å². The Labute approximate surface area is 71.5 Å². The minimum Gasteiger partial charge on any atom is -0.478 e. The lowest BCUT2D eigenvalue weighted by Gasteiger charge is -2.24. The highest BCUT2D eigenvalue weighted by Crippen LogP contribution is 2.12. The van der Waals surface area contributed by atoms with Crippen LogP contribution in [0.5, 0.6) is 0 Å². The standard InChI is InChI=1S/C8H14O4/c1-8(2,11)6(12-3)4-5-7(9)10/h4-6,11H,1-3H3,(H,9,10)/b5-4+/t6-/m1/s1. The van der Waals surface area contributed by atoms with Crippen LogP contribution in [-0.4, -0.2) is 35.0 Å². The second kappa shape index (κ2) is 4.23. The summed E-state index contributed by atoms with van der Waals surface area (Å²) in [7, 11) is 1.41. The second-order valence-corrected chi connectivity index (χ2v) is 3.01. The fraction of sp³-hybridized carbons (Fsp3) is 0.625. The van der Waals surface area contributed by atoms with Crippen LogP contribution in [0.4, 0.5) is 0 Å². The number of carboxylic acids is 1. The van der Waals surface area contributed by atoms with Crippen molar-refractivity contribution in [3.8, 4) is 0 Å². The van der Waals surface area contributed by atoms with E-state index in [9.17, 15) is 9.90 Å². The molecule has 0 aliphatic heterocycles. The molecule has 0 amide bonds. The topological polar surface area (TPSA) is 66.8 Å². The molecule has 0 aromatic carbocycles. The van der Waals surface area contributed by atoms with Crippen molar-refractivity contribution < 1.29 is 19.7 Å². The molecule has 0 radical (unpaired) electrons. The van der Waals surface area contributed by atoms with Gasteiger partial charge in [-0.3, -0.25) is 0 Å². The molecule has 0 aliphatic rings. The predicted octanol–water partition coefficient (Wildman–Crippen LogP) is 0.413. The van der Waals surface area contributed by atoms with Gasteiger partial charge < -0.3 is 14.9 Å². The van der Waals surface area contributed by atoms with Crippen LogP contribution < -0.4 is 0 Å². The minimum atomic E-state index is -1.07. The molecule has 0 spiro atoms. The van der Waals surface area contributed by atoms with E-state index >= 15 is 0 Å². The molecule has 0 rings (SSSR count). The summed E-state index contributed by atoms with van der Waals surface area (Å²) in [5.41, 5.74) is -1.07. The third-order valence-electron chi connectivity index (χ3n) is 1.36. The van der Waals surface area contributed by atoms with E-state index in [2.05, 4.69) is 0 Å². The van der Waals surface area contributed by atoms with Gasteiger partial charge in [-0.15, -0.1) is 0 Å². The van der Waals surface area contributed by atoms with Gasteiger partial charge in [0.05, 0.1) is 5.60 Å².